The summed E-state index contributed by atoms with van der Waals surface area (Å²) in [5.74, 6) is 0.963. The van der Waals surface area contributed by atoms with Gasteiger partial charge in [0, 0.05) is 24.2 Å². The second-order valence-corrected chi connectivity index (χ2v) is 15.8. The molecule has 4 aromatic carbocycles. The summed E-state index contributed by atoms with van der Waals surface area (Å²) >= 11 is 0. The minimum Gasteiger partial charge on any atom is -0.542 e. The maximum Gasteiger partial charge on any atom is 0.250 e. The standard InChI is InChI=1S/C34H39NOSi/c1-34(2,3)37(4,5)36-33(31-24-16-9-17-25-31)32(30-22-14-8-15-23-30)35(26-28-18-10-6-11-19-28)27-29-20-12-7-13-21-29/h6-25H,26-27H2,1-5H3/b33-32+. The van der Waals surface area contributed by atoms with E-state index >= 15 is 0 Å². The van der Waals surface area contributed by atoms with Gasteiger partial charge in [0.15, 0.2) is 0 Å². The van der Waals surface area contributed by atoms with Crippen molar-refractivity contribution >= 4 is 19.8 Å². The van der Waals surface area contributed by atoms with Crippen LogP contribution in [-0.2, 0) is 17.5 Å². The van der Waals surface area contributed by atoms with Gasteiger partial charge in [-0.05, 0) is 29.3 Å². The van der Waals surface area contributed by atoms with Gasteiger partial charge in [0.1, 0.15) is 5.76 Å². The minimum atomic E-state index is -2.16. The second-order valence-electron chi connectivity index (χ2n) is 11.1. The predicted octanol–water partition coefficient (Wildman–Crippen LogP) is 9.24. The van der Waals surface area contributed by atoms with Gasteiger partial charge in [-0.2, -0.15) is 0 Å². The lowest BCUT2D eigenvalue weighted by Gasteiger charge is -2.39. The smallest absolute Gasteiger partial charge is 0.250 e. The molecule has 0 heterocycles. The molecule has 0 aliphatic rings. The number of benzene rings is 4. The summed E-state index contributed by atoms with van der Waals surface area (Å²) in [6.07, 6.45) is 0. The van der Waals surface area contributed by atoms with E-state index in [1.807, 2.05) is 0 Å². The number of rotatable bonds is 9. The van der Waals surface area contributed by atoms with Crippen LogP contribution in [0.4, 0.5) is 0 Å². The highest BCUT2D eigenvalue weighted by Crippen LogP contribution is 2.42. The summed E-state index contributed by atoms with van der Waals surface area (Å²) in [5.41, 5.74) is 5.94. The van der Waals surface area contributed by atoms with Crippen LogP contribution < -0.4 is 0 Å². The molecule has 0 radical (unpaired) electrons. The fourth-order valence-electron chi connectivity index (χ4n) is 4.12. The zero-order valence-corrected chi connectivity index (χ0v) is 23.8. The Kier molecular flexibility index (Phi) is 8.35. The molecule has 0 saturated carbocycles. The van der Waals surface area contributed by atoms with Crippen molar-refractivity contribution < 1.29 is 4.43 Å². The quantitative estimate of drug-likeness (QED) is 0.128. The van der Waals surface area contributed by atoms with Crippen LogP contribution >= 0.6 is 0 Å². The molecule has 3 heteroatoms. The van der Waals surface area contributed by atoms with Crippen molar-refractivity contribution in [2.75, 3.05) is 0 Å². The van der Waals surface area contributed by atoms with E-state index in [9.17, 15) is 0 Å². The minimum absolute atomic E-state index is 0.0680. The highest BCUT2D eigenvalue weighted by atomic mass is 28.4. The van der Waals surface area contributed by atoms with Gasteiger partial charge < -0.3 is 9.33 Å². The van der Waals surface area contributed by atoms with Crippen LogP contribution in [0.2, 0.25) is 18.1 Å². The molecular weight excluding hydrogens is 466 g/mol. The van der Waals surface area contributed by atoms with Gasteiger partial charge in [0.25, 0.3) is 8.32 Å². The van der Waals surface area contributed by atoms with Crippen molar-refractivity contribution in [2.45, 2.75) is 52.0 Å². The lowest BCUT2D eigenvalue weighted by atomic mass is 10.0. The highest BCUT2D eigenvalue weighted by molar-refractivity contribution is 6.74. The highest BCUT2D eigenvalue weighted by Gasteiger charge is 2.40. The molecule has 0 aliphatic heterocycles. The summed E-state index contributed by atoms with van der Waals surface area (Å²) in [4.78, 5) is 2.48. The normalized spacial score (nSPS) is 12.6. The van der Waals surface area contributed by atoms with Crippen LogP contribution in [0.5, 0.6) is 0 Å². The van der Waals surface area contributed by atoms with Gasteiger partial charge in [-0.1, -0.05) is 142 Å². The molecule has 0 fully saturated rings. The summed E-state index contributed by atoms with van der Waals surface area (Å²) in [6, 6.07) is 42.8. The first-order valence-corrected chi connectivity index (χ1v) is 16.0. The molecule has 0 saturated heterocycles. The van der Waals surface area contributed by atoms with E-state index in [1.165, 1.54) is 11.1 Å². The summed E-state index contributed by atoms with van der Waals surface area (Å²) in [7, 11) is -2.16. The van der Waals surface area contributed by atoms with Crippen LogP contribution in [0, 0.1) is 0 Å². The summed E-state index contributed by atoms with van der Waals surface area (Å²) < 4.78 is 7.24. The molecule has 2 nitrogen and oxygen atoms in total. The Morgan fingerprint density at radius 1 is 0.595 bits per heavy atom. The van der Waals surface area contributed by atoms with Crippen LogP contribution in [0.1, 0.15) is 43.0 Å². The lowest BCUT2D eigenvalue weighted by Crippen LogP contribution is -2.40. The molecule has 0 bridgehead atoms. The Balaban J connectivity index is 1.97. The number of hydrogen-bond acceptors (Lipinski definition) is 2. The van der Waals surface area contributed by atoms with E-state index in [0.717, 1.165) is 35.7 Å². The predicted molar refractivity (Wildman–Crippen MR) is 160 cm³/mol. The van der Waals surface area contributed by atoms with E-state index in [4.69, 9.17) is 4.43 Å². The monoisotopic (exact) mass is 505 g/mol. The Morgan fingerprint density at radius 2 is 0.973 bits per heavy atom. The topological polar surface area (TPSA) is 12.5 Å². The molecule has 4 aromatic rings. The Labute approximate surface area is 224 Å². The first-order chi connectivity index (χ1) is 17.7. The summed E-state index contributed by atoms with van der Waals surface area (Å²) in [6.45, 7) is 13.1. The van der Waals surface area contributed by atoms with Gasteiger partial charge in [-0.15, -0.1) is 0 Å². The van der Waals surface area contributed by atoms with E-state index in [0.29, 0.717) is 0 Å². The third kappa shape index (κ3) is 6.81. The first kappa shape index (κ1) is 26.5. The second kappa shape index (κ2) is 11.7. The van der Waals surface area contributed by atoms with Crippen molar-refractivity contribution in [3.63, 3.8) is 0 Å². The molecule has 37 heavy (non-hydrogen) atoms. The molecule has 0 unspecified atom stereocenters. The molecule has 0 aromatic heterocycles. The fraction of sp³-hybridized carbons (Fsp3) is 0.235. The van der Waals surface area contributed by atoms with Gasteiger partial charge in [-0.25, -0.2) is 0 Å². The average molecular weight is 506 g/mol. The Bertz CT molecular complexity index is 1240. The molecule has 0 atom stereocenters. The van der Waals surface area contributed by atoms with E-state index < -0.39 is 8.32 Å². The molecule has 0 amide bonds. The van der Waals surface area contributed by atoms with E-state index in [2.05, 4.69) is 160 Å². The van der Waals surface area contributed by atoms with E-state index in [1.54, 1.807) is 0 Å². The SMILES string of the molecule is CC(C)(C)[Si](C)(C)O/C(=C(\c1ccccc1)N(Cc1ccccc1)Cc1ccccc1)c1ccccc1. The van der Waals surface area contributed by atoms with Crippen molar-refractivity contribution in [3.8, 4) is 0 Å². The van der Waals surface area contributed by atoms with Crippen LogP contribution in [0.3, 0.4) is 0 Å². The van der Waals surface area contributed by atoms with E-state index in [-0.39, 0.29) is 5.04 Å². The molecule has 190 valence electrons. The zero-order chi connectivity index (χ0) is 26.3. The molecular formula is C34H39NOSi. The Hall–Kier alpha value is -3.56. The largest absolute Gasteiger partial charge is 0.542 e. The molecule has 0 N–H and O–H groups in total. The average Bonchev–Trinajstić information content (AvgIpc) is 2.90. The first-order valence-electron chi connectivity index (χ1n) is 13.1. The van der Waals surface area contributed by atoms with Crippen LogP contribution in [0.15, 0.2) is 121 Å². The van der Waals surface area contributed by atoms with Crippen LogP contribution in [0.25, 0.3) is 11.5 Å². The third-order valence-electron chi connectivity index (χ3n) is 7.21. The van der Waals surface area contributed by atoms with Gasteiger partial charge in [-0.3, -0.25) is 0 Å². The Morgan fingerprint density at radius 3 is 1.38 bits per heavy atom. The number of nitrogens with zero attached hydrogens (tertiary/aromatic N) is 1. The summed E-state index contributed by atoms with van der Waals surface area (Å²) in [5, 5.41) is 0.0680. The van der Waals surface area contributed by atoms with Crippen LogP contribution in [-0.4, -0.2) is 13.2 Å². The van der Waals surface area contributed by atoms with Crippen molar-refractivity contribution in [2.24, 2.45) is 0 Å². The van der Waals surface area contributed by atoms with Crippen molar-refractivity contribution in [3.05, 3.63) is 144 Å². The van der Waals surface area contributed by atoms with Gasteiger partial charge in [0.2, 0.25) is 0 Å². The third-order valence-corrected chi connectivity index (χ3v) is 11.5. The fourth-order valence-corrected chi connectivity index (χ4v) is 5.15. The lowest BCUT2D eigenvalue weighted by molar-refractivity contribution is 0.372. The number of hydrogen-bond donors (Lipinski definition) is 0. The maximum absolute atomic E-state index is 7.24. The van der Waals surface area contributed by atoms with Crippen molar-refractivity contribution in [1.29, 1.82) is 0 Å². The molecule has 4 rings (SSSR count). The van der Waals surface area contributed by atoms with Gasteiger partial charge in [0.05, 0.1) is 5.70 Å². The zero-order valence-electron chi connectivity index (χ0n) is 22.8. The van der Waals surface area contributed by atoms with Gasteiger partial charge >= 0.3 is 0 Å². The molecule has 0 spiro atoms. The van der Waals surface area contributed by atoms with Crippen molar-refractivity contribution in [1.82, 2.24) is 4.90 Å². The maximum atomic E-state index is 7.24. The molecule has 0 aliphatic carbocycles.